The fraction of sp³-hybridized carbons (Fsp3) is 0.200. The number of carbonyl (C=O) groups is 1. The average molecular weight is 386 g/mol. The van der Waals surface area contributed by atoms with Crippen molar-refractivity contribution in [1.82, 2.24) is 14.5 Å². The first kappa shape index (κ1) is 17.5. The second-order valence-corrected chi connectivity index (χ2v) is 6.71. The Balaban J connectivity index is 1.63. The van der Waals surface area contributed by atoms with Crippen molar-refractivity contribution < 1.29 is 13.9 Å². The molecule has 1 aromatic carbocycles. The van der Waals surface area contributed by atoms with Crippen LogP contribution in [0.25, 0.3) is 11.1 Å². The highest BCUT2D eigenvalue weighted by Gasteiger charge is 2.30. The first-order valence-corrected chi connectivity index (χ1v) is 8.87. The van der Waals surface area contributed by atoms with Gasteiger partial charge in [-0.05, 0) is 23.8 Å². The van der Waals surface area contributed by atoms with E-state index in [2.05, 4.69) is 4.98 Å². The number of amides is 1. The third kappa shape index (κ3) is 3.17. The molecule has 0 bridgehead atoms. The number of benzene rings is 1. The molecule has 0 spiro atoms. The fourth-order valence-electron chi connectivity index (χ4n) is 3.29. The van der Waals surface area contributed by atoms with E-state index in [0.29, 0.717) is 36.5 Å². The second kappa shape index (κ2) is 7.04. The number of hydrogen-bond acceptors (Lipinski definition) is 3. The van der Waals surface area contributed by atoms with Gasteiger partial charge in [-0.1, -0.05) is 23.7 Å². The number of fused-ring (bicyclic) bond motifs is 1. The Kier molecular flexibility index (Phi) is 4.58. The molecule has 0 unspecified atom stereocenters. The van der Waals surface area contributed by atoms with E-state index in [1.165, 1.54) is 6.20 Å². The molecule has 0 fully saturated rings. The molecule has 138 valence electrons. The number of hydrogen-bond donors (Lipinski definition) is 0. The monoisotopic (exact) mass is 385 g/mol. The van der Waals surface area contributed by atoms with Crippen LogP contribution in [-0.4, -0.2) is 34.0 Å². The lowest BCUT2D eigenvalue weighted by Gasteiger charge is -2.28. The van der Waals surface area contributed by atoms with Crippen LogP contribution in [0.2, 0.25) is 5.02 Å². The number of aromatic nitrogens is 2. The molecule has 4 rings (SSSR count). The Labute approximate surface area is 161 Å². The zero-order chi connectivity index (χ0) is 19.0. The van der Waals surface area contributed by atoms with Gasteiger partial charge < -0.3 is 14.2 Å². The van der Waals surface area contributed by atoms with Gasteiger partial charge in [0.15, 0.2) is 0 Å². The lowest BCUT2D eigenvalue weighted by atomic mass is 10.1. The number of ether oxygens (including phenoxy) is 1. The van der Waals surface area contributed by atoms with Crippen molar-refractivity contribution in [2.75, 3.05) is 13.7 Å². The van der Waals surface area contributed by atoms with Gasteiger partial charge in [0.25, 0.3) is 5.91 Å². The van der Waals surface area contributed by atoms with Gasteiger partial charge in [-0.3, -0.25) is 9.78 Å². The van der Waals surface area contributed by atoms with Crippen molar-refractivity contribution in [2.24, 2.45) is 0 Å². The highest BCUT2D eigenvalue weighted by Crippen LogP contribution is 2.36. The van der Waals surface area contributed by atoms with Gasteiger partial charge in [0.1, 0.15) is 17.3 Å². The van der Waals surface area contributed by atoms with Crippen LogP contribution < -0.4 is 4.74 Å². The molecule has 0 aliphatic carbocycles. The summed E-state index contributed by atoms with van der Waals surface area (Å²) in [7, 11) is 1.61. The molecule has 0 saturated heterocycles. The van der Waals surface area contributed by atoms with Crippen molar-refractivity contribution in [1.29, 1.82) is 0 Å². The Bertz CT molecular complexity index is 1000. The molecule has 3 heterocycles. The maximum atomic E-state index is 14.1. The number of methoxy groups -OCH3 is 1. The summed E-state index contributed by atoms with van der Waals surface area (Å²) < 4.78 is 21.1. The number of pyridine rings is 1. The minimum atomic E-state index is -0.468. The molecule has 0 atom stereocenters. The minimum absolute atomic E-state index is 0.164. The van der Waals surface area contributed by atoms with Gasteiger partial charge >= 0.3 is 0 Å². The molecule has 0 saturated carbocycles. The Morgan fingerprint density at radius 2 is 1.96 bits per heavy atom. The molecule has 0 radical (unpaired) electrons. The van der Waals surface area contributed by atoms with E-state index in [0.717, 1.165) is 17.5 Å². The van der Waals surface area contributed by atoms with Crippen LogP contribution in [0.15, 0.2) is 48.9 Å². The van der Waals surface area contributed by atoms with Crippen LogP contribution >= 0.6 is 11.6 Å². The minimum Gasteiger partial charge on any atom is -0.497 e. The third-order valence-electron chi connectivity index (χ3n) is 4.71. The van der Waals surface area contributed by atoms with Crippen LogP contribution in [0.3, 0.4) is 0 Å². The van der Waals surface area contributed by atoms with Gasteiger partial charge in [-0.15, -0.1) is 0 Å². The van der Waals surface area contributed by atoms with E-state index >= 15 is 0 Å². The number of carbonyl (C=O) groups excluding carboxylic acids is 1. The van der Waals surface area contributed by atoms with Crippen molar-refractivity contribution in [3.63, 3.8) is 0 Å². The number of nitrogens with zero attached hydrogens (tertiary/aromatic N) is 3. The van der Waals surface area contributed by atoms with Crippen molar-refractivity contribution in [3.05, 3.63) is 71.0 Å². The topological polar surface area (TPSA) is 47.4 Å². The summed E-state index contributed by atoms with van der Waals surface area (Å²) >= 11 is 6.48. The summed E-state index contributed by atoms with van der Waals surface area (Å²) in [6.45, 7) is 1.63. The van der Waals surface area contributed by atoms with E-state index in [1.54, 1.807) is 28.8 Å². The Hall–Kier alpha value is -2.86. The zero-order valence-corrected chi connectivity index (χ0v) is 15.4. The molecule has 1 amide bonds. The quantitative estimate of drug-likeness (QED) is 0.681. The van der Waals surface area contributed by atoms with E-state index in [-0.39, 0.29) is 10.9 Å². The predicted octanol–water partition coefficient (Wildman–Crippen LogP) is 4.01. The highest BCUT2D eigenvalue weighted by atomic mass is 35.5. The molecular weight excluding hydrogens is 369 g/mol. The second-order valence-electron chi connectivity index (χ2n) is 6.33. The molecule has 27 heavy (non-hydrogen) atoms. The maximum absolute atomic E-state index is 14.1. The van der Waals surface area contributed by atoms with Crippen molar-refractivity contribution in [2.45, 2.75) is 13.1 Å². The smallest absolute Gasteiger partial charge is 0.272 e. The van der Waals surface area contributed by atoms with Crippen LogP contribution in [-0.2, 0) is 13.1 Å². The standard InChI is InChI=1S/C20H17ClFN3O2/c1-27-14-4-2-13(3-5-14)11-25-9-8-24-12-16(18(21)19(24)20(25)26)15-6-7-23-10-17(15)22/h2-7,10,12H,8-9,11H2,1H3. The SMILES string of the molecule is COc1ccc(CN2CCn3cc(-c4ccncc4F)c(Cl)c3C2=O)cc1. The molecule has 2 aromatic heterocycles. The summed E-state index contributed by atoms with van der Waals surface area (Å²) in [5.41, 5.74) is 2.24. The first-order chi connectivity index (χ1) is 13.1. The molecule has 3 aromatic rings. The zero-order valence-electron chi connectivity index (χ0n) is 14.7. The van der Waals surface area contributed by atoms with Gasteiger partial charge in [-0.2, -0.15) is 0 Å². The summed E-state index contributed by atoms with van der Waals surface area (Å²) in [6, 6.07) is 9.15. The van der Waals surface area contributed by atoms with Gasteiger partial charge in [0, 0.05) is 43.2 Å². The predicted molar refractivity (Wildman–Crippen MR) is 100 cm³/mol. The van der Waals surface area contributed by atoms with Gasteiger partial charge in [-0.25, -0.2) is 4.39 Å². The summed E-state index contributed by atoms with van der Waals surface area (Å²) in [5.74, 6) is 0.136. The van der Waals surface area contributed by atoms with E-state index < -0.39 is 5.82 Å². The molecule has 7 heteroatoms. The van der Waals surface area contributed by atoms with E-state index in [4.69, 9.17) is 16.3 Å². The van der Waals surface area contributed by atoms with Crippen LogP contribution in [0.1, 0.15) is 16.1 Å². The lowest BCUT2D eigenvalue weighted by Crippen LogP contribution is -2.39. The van der Waals surface area contributed by atoms with Crippen LogP contribution in [0, 0.1) is 5.82 Å². The fourth-order valence-corrected chi connectivity index (χ4v) is 3.63. The van der Waals surface area contributed by atoms with Gasteiger partial charge in [0.2, 0.25) is 0 Å². The maximum Gasteiger partial charge on any atom is 0.272 e. The average Bonchev–Trinajstić information content (AvgIpc) is 3.02. The first-order valence-electron chi connectivity index (χ1n) is 8.49. The Morgan fingerprint density at radius 1 is 1.19 bits per heavy atom. The summed E-state index contributed by atoms with van der Waals surface area (Å²) in [6.07, 6.45) is 4.38. The summed E-state index contributed by atoms with van der Waals surface area (Å²) in [4.78, 5) is 18.5. The normalized spacial score (nSPS) is 13.6. The number of rotatable bonds is 4. The lowest BCUT2D eigenvalue weighted by molar-refractivity contribution is 0.0691. The molecule has 1 aliphatic heterocycles. The van der Waals surface area contributed by atoms with E-state index in [9.17, 15) is 9.18 Å². The van der Waals surface area contributed by atoms with Gasteiger partial charge in [0.05, 0.1) is 18.3 Å². The molecular formula is C20H17ClFN3O2. The third-order valence-corrected chi connectivity index (χ3v) is 5.09. The number of halogens is 2. The van der Waals surface area contributed by atoms with Crippen LogP contribution in [0.4, 0.5) is 4.39 Å². The highest BCUT2D eigenvalue weighted by molar-refractivity contribution is 6.36. The molecule has 0 N–H and O–H groups in total. The largest absolute Gasteiger partial charge is 0.497 e. The molecule has 5 nitrogen and oxygen atoms in total. The summed E-state index contributed by atoms with van der Waals surface area (Å²) in [5, 5.41) is 0.268. The van der Waals surface area contributed by atoms with Crippen molar-refractivity contribution in [3.8, 4) is 16.9 Å². The van der Waals surface area contributed by atoms with E-state index in [1.807, 2.05) is 24.3 Å². The molecule has 1 aliphatic rings. The van der Waals surface area contributed by atoms with Crippen molar-refractivity contribution >= 4 is 17.5 Å². The Morgan fingerprint density at radius 3 is 2.67 bits per heavy atom. The van der Waals surface area contributed by atoms with Crippen LogP contribution in [0.5, 0.6) is 5.75 Å².